The molecule has 0 spiro atoms. The van der Waals surface area contributed by atoms with E-state index >= 15 is 0 Å². The topological polar surface area (TPSA) is 17.1 Å². The third kappa shape index (κ3) is 36.6. The third-order valence-electron chi connectivity index (χ3n) is 0. The van der Waals surface area contributed by atoms with E-state index in [-0.39, 0.29) is 0 Å². The maximum atomic E-state index is 8.72. The summed E-state index contributed by atoms with van der Waals surface area (Å²) in [5.74, 6) is 0. The van der Waals surface area contributed by atoms with Gasteiger partial charge in [-0.1, -0.05) is 4.57 Å². The van der Waals surface area contributed by atoms with Crippen molar-refractivity contribution in [3.8, 4) is 0 Å². The van der Waals surface area contributed by atoms with E-state index in [1.165, 1.54) is 15.4 Å². The van der Waals surface area contributed by atoms with Crippen LogP contribution in [0.1, 0.15) is 0 Å². The lowest BCUT2D eigenvalue weighted by Gasteiger charge is -1.02. The van der Waals surface area contributed by atoms with Crippen molar-refractivity contribution in [1.29, 1.82) is 0 Å². The van der Waals surface area contributed by atoms with Crippen molar-refractivity contribution < 1.29 is 4.57 Å². The lowest BCUT2D eigenvalue weighted by molar-refractivity contribution is 0.605. The zero-order valence-corrected chi connectivity index (χ0v) is 6.30. The Balaban J connectivity index is 0. The molecule has 0 aliphatic rings. The van der Waals surface area contributed by atoms with Gasteiger partial charge < -0.3 is 0 Å². The molecule has 1 unspecified atom stereocenters. The van der Waals surface area contributed by atoms with Crippen molar-refractivity contribution in [1.82, 2.24) is 0 Å². The monoisotopic (exact) mass is 146 g/mol. The summed E-state index contributed by atoms with van der Waals surface area (Å²) in [6.07, 6.45) is 0. The molecule has 0 aromatic heterocycles. The highest BCUT2D eigenvalue weighted by Crippen LogP contribution is 1.92. The molecule has 0 rings (SSSR count). The first-order chi connectivity index (χ1) is 2.41. The summed E-state index contributed by atoms with van der Waals surface area (Å²) in [6, 6.07) is 0. The van der Waals surface area contributed by atoms with Gasteiger partial charge in [0.2, 0.25) is 11.2 Å². The van der Waals surface area contributed by atoms with E-state index in [9.17, 15) is 0 Å². The maximum Gasteiger partial charge on any atom is 0.441 e. The summed E-state index contributed by atoms with van der Waals surface area (Å²) in [7, 11) is 3.97. The molecule has 0 aliphatic heterocycles. The SMILES string of the molecule is O=[PH+]Cl.[AlH][Cl]. The van der Waals surface area contributed by atoms with Crippen LogP contribution in [0.15, 0.2) is 0 Å². The Morgan fingerprint density at radius 2 is 1.60 bits per heavy atom. The van der Waals surface area contributed by atoms with Gasteiger partial charge in [0.15, 0.2) is 0 Å². The fourth-order valence-electron chi connectivity index (χ4n) is 0. The zero-order valence-electron chi connectivity index (χ0n) is 2.37. The van der Waals surface area contributed by atoms with Crippen molar-refractivity contribution in [2.75, 3.05) is 0 Å². The molecule has 1 atom stereocenters. The molecule has 0 N–H and O–H groups in total. The lowest BCUT2D eigenvalue weighted by Crippen LogP contribution is -0.980. The number of hydrogen-bond donors (Lipinski definition) is 0. The summed E-state index contributed by atoms with van der Waals surface area (Å²) >= 11 is 5.80. The minimum Gasteiger partial charge on any atom is -0.283 e. The molecule has 1 nitrogen and oxygen atoms in total. The van der Waals surface area contributed by atoms with E-state index in [1.807, 2.05) is 0 Å². The largest absolute Gasteiger partial charge is 0.441 e. The van der Waals surface area contributed by atoms with E-state index in [1.54, 1.807) is 0 Å². The van der Waals surface area contributed by atoms with Gasteiger partial charge in [-0.2, -0.15) is 0 Å². The van der Waals surface area contributed by atoms with Crippen molar-refractivity contribution in [3.05, 3.63) is 0 Å². The predicted octanol–water partition coefficient (Wildman–Crippen LogP) is 1.21. The molecule has 0 heterocycles. The number of halogens is 2. The van der Waals surface area contributed by atoms with Gasteiger partial charge in [-0.15, -0.1) is 0 Å². The van der Waals surface area contributed by atoms with E-state index in [2.05, 4.69) is 21.3 Å². The molecule has 0 saturated carbocycles. The minimum absolute atomic E-state index is 0.694. The molecule has 5 heteroatoms. The average Bonchev–Trinajstić information content (AvgIpc) is 1.46. The first kappa shape index (κ1) is 9.51. The zero-order chi connectivity index (χ0) is 4.71. The fraction of sp³-hybridized carbons (Fsp3) is 0. The quantitative estimate of drug-likeness (QED) is 0.371. The van der Waals surface area contributed by atoms with Crippen molar-refractivity contribution in [3.63, 3.8) is 0 Å². The van der Waals surface area contributed by atoms with Crippen LogP contribution in [0, 0.1) is 0 Å². The first-order valence-electron chi connectivity index (χ1n) is 0.660. The van der Waals surface area contributed by atoms with E-state index in [0.29, 0.717) is 0 Å². The van der Waals surface area contributed by atoms with Crippen LogP contribution in [0.25, 0.3) is 0 Å². The molecular weight excluding hydrogens is 145 g/mol. The van der Waals surface area contributed by atoms with Gasteiger partial charge in [0.25, 0.3) is 0 Å². The maximum absolute atomic E-state index is 8.72. The van der Waals surface area contributed by atoms with Gasteiger partial charge in [0.1, 0.15) is 0 Å². The first-order valence-corrected chi connectivity index (χ1v) is 4.72. The average molecular weight is 147 g/mol. The fourth-order valence-corrected chi connectivity index (χ4v) is 0. The van der Waals surface area contributed by atoms with Crippen LogP contribution < -0.4 is 0 Å². The van der Waals surface area contributed by atoms with Gasteiger partial charge >= 0.3 is 23.2 Å². The molecule has 29 valence electrons. The summed E-state index contributed by atoms with van der Waals surface area (Å²) in [4.78, 5) is 0. The Hall–Kier alpha value is 1.21. The Labute approximate surface area is 49.3 Å². The van der Waals surface area contributed by atoms with Gasteiger partial charge in [-0.25, -0.2) is 0 Å². The predicted molar refractivity (Wildman–Crippen MR) is 27.9 cm³/mol. The molecule has 0 aliphatic carbocycles. The standard InChI is InChI=1S/Al.ClOP.ClH.H/c;1-3-2;;/h;;1H;/q+1;;;. The highest BCUT2D eigenvalue weighted by molar-refractivity contribution is 7.57. The minimum atomic E-state index is -0.694. The smallest absolute Gasteiger partial charge is 0.283 e. The molecule has 0 bridgehead atoms. The molecule has 0 fully saturated rings. The third-order valence-corrected chi connectivity index (χ3v) is 0. The van der Waals surface area contributed by atoms with Crippen LogP contribution in [0.5, 0.6) is 0 Å². The second-order valence-corrected chi connectivity index (χ2v) is 0.694. The van der Waals surface area contributed by atoms with Gasteiger partial charge in [-0.05, 0) is 0 Å². The summed E-state index contributed by atoms with van der Waals surface area (Å²) in [5.41, 5.74) is 0. The molecular formula is H2AlCl2OP+. The molecule has 0 aromatic carbocycles. The Bertz CT molecular complexity index is 17.1. The van der Waals surface area contributed by atoms with E-state index < -0.39 is 7.81 Å². The Morgan fingerprint density at radius 3 is 1.60 bits per heavy atom. The Kier molecular flexibility index (Phi) is 35.9. The van der Waals surface area contributed by atoms with Crippen LogP contribution in [-0.4, -0.2) is 15.4 Å². The highest BCUT2D eigenvalue weighted by Gasteiger charge is 1.52. The van der Waals surface area contributed by atoms with Crippen LogP contribution in [0.4, 0.5) is 0 Å². The van der Waals surface area contributed by atoms with Crippen LogP contribution >= 0.6 is 29.1 Å². The van der Waals surface area contributed by atoms with Crippen LogP contribution in [0.3, 0.4) is 0 Å². The summed E-state index contributed by atoms with van der Waals surface area (Å²) in [6.45, 7) is 0. The molecule has 0 saturated heterocycles. The van der Waals surface area contributed by atoms with Crippen molar-refractivity contribution in [2.45, 2.75) is 0 Å². The molecule has 1 radical (unpaired) electrons. The second-order valence-electron chi connectivity index (χ2n) is 0.0772. The lowest BCUT2D eigenvalue weighted by atomic mass is 16.0. The molecule has 5 heavy (non-hydrogen) atoms. The van der Waals surface area contributed by atoms with Gasteiger partial charge in [0.05, 0.1) is 0 Å². The second kappa shape index (κ2) is 18.9. The molecule has 0 amide bonds. The van der Waals surface area contributed by atoms with Gasteiger partial charge in [-0.3, -0.25) is 10.0 Å². The normalized spacial score (nSPS) is 5.20. The van der Waals surface area contributed by atoms with E-state index in [4.69, 9.17) is 4.57 Å². The van der Waals surface area contributed by atoms with E-state index in [0.717, 1.165) is 0 Å². The molecule has 0 aromatic rings. The van der Waals surface area contributed by atoms with Crippen molar-refractivity contribution >= 4 is 44.5 Å². The summed E-state index contributed by atoms with van der Waals surface area (Å²) < 4.78 is 8.72. The Morgan fingerprint density at radius 1 is 1.60 bits per heavy atom. The summed E-state index contributed by atoms with van der Waals surface area (Å²) in [5, 5.41) is 0. The van der Waals surface area contributed by atoms with Crippen LogP contribution in [0.2, 0.25) is 0 Å². The highest BCUT2D eigenvalue weighted by atomic mass is 35.7. The van der Waals surface area contributed by atoms with Crippen molar-refractivity contribution in [2.24, 2.45) is 0 Å². The van der Waals surface area contributed by atoms with Gasteiger partial charge in [0, 0.05) is 0 Å². The number of rotatable bonds is 0. The number of hydrogen-bond acceptors (Lipinski definition) is 1. The van der Waals surface area contributed by atoms with Crippen LogP contribution in [-0.2, 0) is 4.57 Å².